The third-order valence-corrected chi connectivity index (χ3v) is 3.01. The summed E-state index contributed by atoms with van der Waals surface area (Å²) in [6.45, 7) is 2.28. The van der Waals surface area contributed by atoms with Crippen LogP contribution in [0.3, 0.4) is 0 Å². The number of alkyl halides is 3. The van der Waals surface area contributed by atoms with E-state index in [0.29, 0.717) is 0 Å². The molecule has 1 aliphatic heterocycles. The first-order chi connectivity index (χ1) is 5.55. The smallest absolute Gasteiger partial charge is 0.325 e. The molecule has 0 amide bonds. The van der Waals surface area contributed by atoms with Gasteiger partial charge in [0.25, 0.3) is 5.85 Å². The second kappa shape index (κ2) is 2.70. The maximum absolute atomic E-state index is 12.1. The summed E-state index contributed by atoms with van der Waals surface area (Å²) < 4.78 is 55.6. The lowest BCUT2D eigenvalue weighted by molar-refractivity contribution is -0.230. The van der Waals surface area contributed by atoms with Gasteiger partial charge in [-0.15, -0.1) is 0 Å². The first-order valence-corrected chi connectivity index (χ1v) is 4.97. The Labute approximate surface area is 72.2 Å². The van der Waals surface area contributed by atoms with E-state index in [1.807, 2.05) is 0 Å². The van der Waals surface area contributed by atoms with Gasteiger partial charge in [0.1, 0.15) is 0 Å². The predicted octanol–water partition coefficient (Wildman–Crippen LogP) is 1.84. The lowest BCUT2D eigenvalue weighted by Gasteiger charge is -2.16. The molecule has 0 aromatic carbocycles. The highest BCUT2D eigenvalue weighted by molar-refractivity contribution is 7.53. The molecule has 8 heteroatoms. The monoisotopic (exact) mass is 220 g/mol. The fraction of sp³-hybridized carbons (Fsp3) is 1.00. The second-order valence-electron chi connectivity index (χ2n) is 3.07. The van der Waals surface area contributed by atoms with Gasteiger partial charge in [-0.25, -0.2) is 0 Å². The molecule has 1 fully saturated rings. The van der Waals surface area contributed by atoms with Gasteiger partial charge in [0.05, 0.1) is 0 Å². The molecule has 0 spiro atoms. The van der Waals surface area contributed by atoms with Crippen LogP contribution in [0.2, 0.25) is 0 Å². The molecular formula is C5H8F3O4P. The Morgan fingerprint density at radius 1 is 1.46 bits per heavy atom. The highest BCUT2D eigenvalue weighted by Gasteiger charge is 2.62. The molecule has 1 heterocycles. The summed E-state index contributed by atoms with van der Waals surface area (Å²) in [6.07, 6.45) is -4.89. The Hall–Kier alpha value is -0.100. The quantitative estimate of drug-likeness (QED) is 0.633. The molecule has 1 N–H and O–H groups in total. The van der Waals surface area contributed by atoms with Crippen molar-refractivity contribution >= 4 is 7.60 Å². The molecule has 0 aliphatic carbocycles. The molecule has 1 saturated heterocycles. The topological polar surface area (TPSA) is 55.8 Å². The van der Waals surface area contributed by atoms with Gasteiger partial charge in [0, 0.05) is 0 Å². The van der Waals surface area contributed by atoms with Gasteiger partial charge in [-0.2, -0.15) is 13.2 Å². The molecule has 13 heavy (non-hydrogen) atoms. The summed E-state index contributed by atoms with van der Waals surface area (Å²) in [5, 5.41) is 0. The van der Waals surface area contributed by atoms with E-state index in [9.17, 15) is 17.7 Å². The lowest BCUT2D eigenvalue weighted by Crippen LogP contribution is -2.31. The van der Waals surface area contributed by atoms with Crippen LogP contribution in [-0.2, 0) is 13.8 Å². The Morgan fingerprint density at radius 2 is 1.92 bits per heavy atom. The van der Waals surface area contributed by atoms with Crippen molar-refractivity contribution < 1.29 is 31.9 Å². The second-order valence-corrected chi connectivity index (χ2v) is 4.85. The standard InChI is InChI=1S/C5H8F3O4P/c1-4(2)11-3(5(6,7)8)13(9,10)12-4/h3H,1-2H3,(H,9,10). The van der Waals surface area contributed by atoms with Gasteiger partial charge in [0.15, 0.2) is 5.79 Å². The van der Waals surface area contributed by atoms with E-state index in [1.54, 1.807) is 0 Å². The maximum atomic E-state index is 12.1. The van der Waals surface area contributed by atoms with Crippen LogP contribution >= 0.6 is 7.60 Å². The number of ether oxygens (including phenoxy) is 1. The van der Waals surface area contributed by atoms with Gasteiger partial charge in [0.2, 0.25) is 0 Å². The van der Waals surface area contributed by atoms with Crippen molar-refractivity contribution in [3.8, 4) is 0 Å². The molecule has 2 atom stereocenters. The molecule has 0 saturated carbocycles. The average molecular weight is 220 g/mol. The van der Waals surface area contributed by atoms with E-state index in [2.05, 4.69) is 9.26 Å². The van der Waals surface area contributed by atoms with Crippen molar-refractivity contribution in [2.24, 2.45) is 0 Å². The van der Waals surface area contributed by atoms with Gasteiger partial charge < -0.3 is 9.63 Å². The molecule has 0 aromatic heterocycles. The van der Waals surface area contributed by atoms with Gasteiger partial charge in [-0.05, 0) is 13.8 Å². The molecule has 2 unspecified atom stereocenters. The first-order valence-electron chi connectivity index (χ1n) is 3.32. The largest absolute Gasteiger partial charge is 0.426 e. The van der Waals surface area contributed by atoms with Crippen molar-refractivity contribution in [2.75, 3.05) is 0 Å². The number of rotatable bonds is 0. The van der Waals surface area contributed by atoms with Crippen LogP contribution in [0.4, 0.5) is 13.2 Å². The molecule has 0 radical (unpaired) electrons. The van der Waals surface area contributed by atoms with E-state index in [4.69, 9.17) is 4.89 Å². The van der Waals surface area contributed by atoms with Crippen LogP contribution in [0.25, 0.3) is 0 Å². The van der Waals surface area contributed by atoms with E-state index in [1.165, 1.54) is 0 Å². The molecule has 1 rings (SSSR count). The molecule has 1 aliphatic rings. The van der Waals surface area contributed by atoms with Crippen molar-refractivity contribution in [3.63, 3.8) is 0 Å². The predicted molar refractivity (Wildman–Crippen MR) is 35.9 cm³/mol. The minimum atomic E-state index is -4.89. The van der Waals surface area contributed by atoms with E-state index >= 15 is 0 Å². The number of hydrogen-bond acceptors (Lipinski definition) is 3. The van der Waals surface area contributed by atoms with Crippen LogP contribution in [-0.4, -0.2) is 22.7 Å². The van der Waals surface area contributed by atoms with Crippen molar-refractivity contribution in [1.29, 1.82) is 0 Å². The van der Waals surface area contributed by atoms with E-state index < -0.39 is 25.4 Å². The van der Waals surface area contributed by atoms with E-state index in [-0.39, 0.29) is 0 Å². The Morgan fingerprint density at radius 3 is 2.08 bits per heavy atom. The molecule has 4 nitrogen and oxygen atoms in total. The lowest BCUT2D eigenvalue weighted by atomic mass is 10.4. The van der Waals surface area contributed by atoms with Crippen LogP contribution in [0.15, 0.2) is 0 Å². The van der Waals surface area contributed by atoms with Crippen LogP contribution < -0.4 is 0 Å². The average Bonchev–Trinajstić information content (AvgIpc) is 1.97. The molecule has 0 bridgehead atoms. The number of hydrogen-bond donors (Lipinski definition) is 1. The third kappa shape index (κ3) is 2.22. The summed E-state index contributed by atoms with van der Waals surface area (Å²) >= 11 is 0. The van der Waals surface area contributed by atoms with Gasteiger partial charge in [-0.1, -0.05) is 0 Å². The molecule has 78 valence electrons. The highest BCUT2D eigenvalue weighted by atomic mass is 31.2. The summed E-state index contributed by atoms with van der Waals surface area (Å²) in [5.74, 6) is -4.42. The van der Waals surface area contributed by atoms with Crippen LogP contribution in [0.5, 0.6) is 0 Å². The van der Waals surface area contributed by atoms with Crippen molar-refractivity contribution in [2.45, 2.75) is 31.7 Å². The van der Waals surface area contributed by atoms with Gasteiger partial charge >= 0.3 is 13.8 Å². The fourth-order valence-corrected chi connectivity index (χ4v) is 2.50. The van der Waals surface area contributed by atoms with Crippen molar-refractivity contribution in [1.82, 2.24) is 0 Å². The third-order valence-electron chi connectivity index (χ3n) is 1.32. The van der Waals surface area contributed by atoms with Crippen LogP contribution in [0, 0.1) is 0 Å². The number of halogens is 3. The van der Waals surface area contributed by atoms with Gasteiger partial charge in [-0.3, -0.25) is 9.09 Å². The Kier molecular flexibility index (Phi) is 2.28. The van der Waals surface area contributed by atoms with Crippen LogP contribution in [0.1, 0.15) is 13.8 Å². The Bertz CT molecular complexity index is 261. The normalized spacial score (nSPS) is 39.4. The highest BCUT2D eigenvalue weighted by Crippen LogP contribution is 2.62. The Balaban J connectivity index is 2.96. The zero-order valence-electron chi connectivity index (χ0n) is 6.83. The van der Waals surface area contributed by atoms with Crippen molar-refractivity contribution in [3.05, 3.63) is 0 Å². The first kappa shape index (κ1) is 11.0. The maximum Gasteiger partial charge on any atom is 0.426 e. The van der Waals surface area contributed by atoms with E-state index in [0.717, 1.165) is 13.8 Å². The minimum Gasteiger partial charge on any atom is -0.325 e. The molecular weight excluding hydrogens is 212 g/mol. The fourth-order valence-electron chi connectivity index (χ4n) is 0.972. The minimum absolute atomic E-state index is 1.14. The SMILES string of the molecule is CC1(C)OC(C(F)(F)F)P(=O)(O)O1. The zero-order valence-corrected chi connectivity index (χ0v) is 7.72. The summed E-state index contributed by atoms with van der Waals surface area (Å²) in [5.41, 5.74) is 0. The zero-order chi connectivity index (χ0) is 10.5. The summed E-state index contributed by atoms with van der Waals surface area (Å²) in [4.78, 5) is 8.81. The molecule has 0 aromatic rings. The summed E-state index contributed by atoms with van der Waals surface area (Å²) in [6, 6.07) is 0. The summed E-state index contributed by atoms with van der Waals surface area (Å²) in [7, 11) is -4.74.